The Morgan fingerprint density at radius 3 is 2.62 bits per heavy atom. The summed E-state index contributed by atoms with van der Waals surface area (Å²) in [5.74, 6) is 1.25. The number of benzene rings is 2. The van der Waals surface area contributed by atoms with Crippen molar-refractivity contribution >= 4 is 5.91 Å². The molecule has 0 bridgehead atoms. The number of methoxy groups -OCH3 is 2. The van der Waals surface area contributed by atoms with E-state index in [0.717, 1.165) is 5.56 Å². The maximum atomic E-state index is 13.1. The molecule has 0 aliphatic carbocycles. The zero-order valence-electron chi connectivity index (χ0n) is 17.3. The van der Waals surface area contributed by atoms with Gasteiger partial charge in [0, 0.05) is 13.0 Å². The molecule has 0 radical (unpaired) electrons. The maximum absolute atomic E-state index is 13.1. The Bertz CT molecular complexity index is 838. The SMILES string of the molecule is COc1ccc([C@@H]2[C@@H](CO)OCCN2C(=O)CCc2ccccc2C)cc1OC. The molecule has 1 aliphatic rings. The van der Waals surface area contributed by atoms with Crippen molar-refractivity contribution in [3.8, 4) is 11.5 Å². The van der Waals surface area contributed by atoms with E-state index >= 15 is 0 Å². The first-order chi connectivity index (χ1) is 14.1. The molecular formula is C23H29NO5. The Hall–Kier alpha value is -2.57. The van der Waals surface area contributed by atoms with Crippen LogP contribution < -0.4 is 9.47 Å². The lowest BCUT2D eigenvalue weighted by atomic mass is 9.96. The van der Waals surface area contributed by atoms with Crippen LogP contribution in [0.4, 0.5) is 0 Å². The molecule has 6 nitrogen and oxygen atoms in total. The molecule has 0 spiro atoms. The number of amides is 1. The monoisotopic (exact) mass is 399 g/mol. The highest BCUT2D eigenvalue weighted by atomic mass is 16.5. The number of rotatable bonds is 7. The Kier molecular flexibility index (Phi) is 7.12. The summed E-state index contributed by atoms with van der Waals surface area (Å²) in [6, 6.07) is 13.3. The second-order valence-electron chi connectivity index (χ2n) is 7.16. The molecule has 2 aromatic carbocycles. The smallest absolute Gasteiger partial charge is 0.223 e. The highest BCUT2D eigenvalue weighted by Gasteiger charge is 2.36. The lowest BCUT2D eigenvalue weighted by Crippen LogP contribution is -2.49. The fraction of sp³-hybridized carbons (Fsp3) is 0.435. The van der Waals surface area contributed by atoms with Gasteiger partial charge >= 0.3 is 0 Å². The number of morpholine rings is 1. The number of aliphatic hydroxyl groups is 1. The van der Waals surface area contributed by atoms with Gasteiger partial charge in [-0.2, -0.15) is 0 Å². The van der Waals surface area contributed by atoms with Gasteiger partial charge in [-0.05, 0) is 42.2 Å². The molecule has 6 heteroatoms. The van der Waals surface area contributed by atoms with Crippen LogP contribution in [0.15, 0.2) is 42.5 Å². The summed E-state index contributed by atoms with van der Waals surface area (Å²) in [6.07, 6.45) is 0.613. The average Bonchev–Trinajstić information content (AvgIpc) is 2.77. The number of carbonyl (C=O) groups is 1. The van der Waals surface area contributed by atoms with Gasteiger partial charge in [0.25, 0.3) is 0 Å². The van der Waals surface area contributed by atoms with Crippen molar-refractivity contribution < 1.29 is 24.1 Å². The molecule has 2 aromatic rings. The zero-order valence-corrected chi connectivity index (χ0v) is 17.3. The minimum atomic E-state index is -0.482. The van der Waals surface area contributed by atoms with Gasteiger partial charge in [-0.15, -0.1) is 0 Å². The van der Waals surface area contributed by atoms with Crippen molar-refractivity contribution in [3.05, 3.63) is 59.2 Å². The van der Waals surface area contributed by atoms with E-state index in [1.807, 2.05) is 35.2 Å². The van der Waals surface area contributed by atoms with Crippen molar-refractivity contribution in [1.82, 2.24) is 4.90 Å². The molecule has 156 valence electrons. The number of nitrogens with zero attached hydrogens (tertiary/aromatic N) is 1. The summed E-state index contributed by atoms with van der Waals surface area (Å²) < 4.78 is 16.5. The molecule has 1 amide bonds. The largest absolute Gasteiger partial charge is 0.493 e. The molecule has 1 aliphatic heterocycles. The first kappa shape index (κ1) is 21.1. The molecule has 1 N–H and O–H groups in total. The second kappa shape index (κ2) is 9.76. The first-order valence-electron chi connectivity index (χ1n) is 9.87. The molecule has 0 aromatic heterocycles. The third kappa shape index (κ3) is 4.71. The van der Waals surface area contributed by atoms with Crippen LogP contribution >= 0.6 is 0 Å². The Morgan fingerprint density at radius 1 is 1.17 bits per heavy atom. The van der Waals surface area contributed by atoms with Gasteiger partial charge in [-0.1, -0.05) is 30.3 Å². The first-order valence-corrected chi connectivity index (χ1v) is 9.87. The van der Waals surface area contributed by atoms with Crippen LogP contribution in [0, 0.1) is 6.92 Å². The summed E-state index contributed by atoms with van der Waals surface area (Å²) in [7, 11) is 3.16. The summed E-state index contributed by atoms with van der Waals surface area (Å²) in [6.45, 7) is 2.79. The highest BCUT2D eigenvalue weighted by molar-refractivity contribution is 5.77. The second-order valence-corrected chi connectivity index (χ2v) is 7.16. The van der Waals surface area contributed by atoms with Gasteiger partial charge in [0.1, 0.15) is 6.10 Å². The van der Waals surface area contributed by atoms with Crippen LogP contribution in [0.3, 0.4) is 0 Å². The van der Waals surface area contributed by atoms with Crippen molar-refractivity contribution in [3.63, 3.8) is 0 Å². The topological polar surface area (TPSA) is 68.2 Å². The van der Waals surface area contributed by atoms with E-state index in [1.54, 1.807) is 14.2 Å². The van der Waals surface area contributed by atoms with Crippen molar-refractivity contribution in [2.45, 2.75) is 31.9 Å². The van der Waals surface area contributed by atoms with Crippen LogP contribution in [-0.2, 0) is 16.0 Å². The van der Waals surface area contributed by atoms with E-state index in [-0.39, 0.29) is 18.6 Å². The molecule has 0 saturated carbocycles. The lowest BCUT2D eigenvalue weighted by Gasteiger charge is -2.41. The predicted octanol–water partition coefficient (Wildman–Crippen LogP) is 2.91. The van der Waals surface area contributed by atoms with Gasteiger partial charge in [0.2, 0.25) is 5.91 Å². The number of aliphatic hydroxyl groups excluding tert-OH is 1. The molecule has 1 fully saturated rings. The van der Waals surface area contributed by atoms with Crippen molar-refractivity contribution in [1.29, 1.82) is 0 Å². The Morgan fingerprint density at radius 2 is 1.93 bits per heavy atom. The van der Waals surface area contributed by atoms with E-state index in [1.165, 1.54) is 11.1 Å². The van der Waals surface area contributed by atoms with Crippen LogP contribution in [0.2, 0.25) is 0 Å². The third-order valence-electron chi connectivity index (χ3n) is 5.47. The highest BCUT2D eigenvalue weighted by Crippen LogP contribution is 2.36. The molecule has 3 rings (SSSR count). The van der Waals surface area contributed by atoms with E-state index in [9.17, 15) is 9.90 Å². The van der Waals surface area contributed by atoms with Crippen LogP contribution in [0.5, 0.6) is 11.5 Å². The van der Waals surface area contributed by atoms with Gasteiger partial charge in [0.05, 0.1) is 33.5 Å². The lowest BCUT2D eigenvalue weighted by molar-refractivity contribution is -0.149. The normalized spacial score (nSPS) is 19.1. The number of carbonyl (C=O) groups excluding carboxylic acids is 1. The predicted molar refractivity (Wildman–Crippen MR) is 110 cm³/mol. The van der Waals surface area contributed by atoms with E-state index in [2.05, 4.69) is 19.1 Å². The number of hydrogen-bond acceptors (Lipinski definition) is 5. The quantitative estimate of drug-likeness (QED) is 0.775. The average molecular weight is 399 g/mol. The minimum absolute atomic E-state index is 0.0507. The van der Waals surface area contributed by atoms with Crippen molar-refractivity contribution in [2.75, 3.05) is 34.0 Å². The minimum Gasteiger partial charge on any atom is -0.493 e. The number of aryl methyl sites for hydroxylation is 2. The fourth-order valence-electron chi connectivity index (χ4n) is 3.87. The van der Waals surface area contributed by atoms with Crippen LogP contribution in [0.25, 0.3) is 0 Å². The molecule has 1 heterocycles. The van der Waals surface area contributed by atoms with Crippen LogP contribution in [0.1, 0.15) is 29.2 Å². The number of hydrogen-bond donors (Lipinski definition) is 1. The summed E-state index contributed by atoms with van der Waals surface area (Å²) >= 11 is 0. The summed E-state index contributed by atoms with van der Waals surface area (Å²) in [5.41, 5.74) is 3.22. The van der Waals surface area contributed by atoms with E-state index in [4.69, 9.17) is 14.2 Å². The molecule has 0 unspecified atom stereocenters. The zero-order chi connectivity index (χ0) is 20.8. The van der Waals surface area contributed by atoms with Gasteiger partial charge in [0.15, 0.2) is 11.5 Å². The van der Waals surface area contributed by atoms with E-state index < -0.39 is 6.10 Å². The Labute approximate surface area is 172 Å². The Balaban J connectivity index is 1.83. The number of ether oxygens (including phenoxy) is 3. The maximum Gasteiger partial charge on any atom is 0.223 e. The molecule has 2 atom stereocenters. The van der Waals surface area contributed by atoms with Gasteiger partial charge in [-0.25, -0.2) is 0 Å². The molecule has 29 heavy (non-hydrogen) atoms. The van der Waals surface area contributed by atoms with Crippen molar-refractivity contribution in [2.24, 2.45) is 0 Å². The molecule has 1 saturated heterocycles. The summed E-state index contributed by atoms with van der Waals surface area (Å²) in [5, 5.41) is 9.87. The fourth-order valence-corrected chi connectivity index (χ4v) is 3.87. The standard InChI is InChI=1S/C23H29NO5/c1-16-6-4-5-7-17(16)9-11-22(26)24-12-13-29-21(15-25)23(24)18-8-10-19(27-2)20(14-18)28-3/h4-8,10,14,21,23,25H,9,11-13,15H2,1-3H3/t21-,23-/m1/s1. The van der Waals surface area contributed by atoms with Gasteiger partial charge < -0.3 is 24.2 Å². The van der Waals surface area contributed by atoms with Crippen LogP contribution in [-0.4, -0.2) is 56.0 Å². The summed E-state index contributed by atoms with van der Waals surface area (Å²) in [4.78, 5) is 15.0. The molecular weight excluding hydrogens is 370 g/mol. The van der Waals surface area contributed by atoms with E-state index in [0.29, 0.717) is 37.5 Å². The van der Waals surface area contributed by atoms with Gasteiger partial charge in [-0.3, -0.25) is 4.79 Å². The third-order valence-corrected chi connectivity index (χ3v) is 5.47.